The van der Waals surface area contributed by atoms with Crippen molar-refractivity contribution in [2.45, 2.75) is 53.0 Å². The molecule has 1 heterocycles. The molecule has 2 unspecified atom stereocenters. The van der Waals surface area contributed by atoms with Crippen molar-refractivity contribution < 1.29 is 0 Å². The Labute approximate surface area is 83.5 Å². The summed E-state index contributed by atoms with van der Waals surface area (Å²) in [6, 6.07) is 0.794. The Morgan fingerprint density at radius 3 is 2.54 bits per heavy atom. The Bertz CT molecular complexity index is 142. The first kappa shape index (κ1) is 11.0. The topological polar surface area (TPSA) is 3.24 Å². The lowest BCUT2D eigenvalue weighted by Crippen LogP contribution is -2.41. The molecule has 2 atom stereocenters. The van der Waals surface area contributed by atoms with Crippen molar-refractivity contribution in [2.75, 3.05) is 13.1 Å². The third-order valence-electron chi connectivity index (χ3n) is 3.12. The normalized spacial score (nSPS) is 27.9. The number of rotatable bonds is 3. The van der Waals surface area contributed by atoms with E-state index in [1.807, 2.05) is 0 Å². The fraction of sp³-hybridized carbons (Fsp3) is 1.00. The van der Waals surface area contributed by atoms with Crippen molar-refractivity contribution in [3.05, 3.63) is 0 Å². The number of hydrogen-bond acceptors (Lipinski definition) is 1. The van der Waals surface area contributed by atoms with Crippen LogP contribution in [0.2, 0.25) is 0 Å². The van der Waals surface area contributed by atoms with E-state index in [1.54, 1.807) is 0 Å². The molecule has 0 aromatic heterocycles. The summed E-state index contributed by atoms with van der Waals surface area (Å²) >= 11 is 0. The van der Waals surface area contributed by atoms with E-state index in [2.05, 4.69) is 32.6 Å². The van der Waals surface area contributed by atoms with Crippen molar-refractivity contribution in [1.29, 1.82) is 0 Å². The molecule has 1 rings (SSSR count). The Balaban J connectivity index is 2.32. The molecular formula is C12H25N. The summed E-state index contributed by atoms with van der Waals surface area (Å²) in [4.78, 5) is 2.67. The summed E-state index contributed by atoms with van der Waals surface area (Å²) in [6.45, 7) is 12.1. The van der Waals surface area contributed by atoms with Gasteiger partial charge in [-0.05, 0) is 44.6 Å². The lowest BCUT2D eigenvalue weighted by Gasteiger charge is -2.36. The van der Waals surface area contributed by atoms with Crippen molar-refractivity contribution in [2.24, 2.45) is 11.8 Å². The van der Waals surface area contributed by atoms with Gasteiger partial charge < -0.3 is 4.90 Å². The van der Waals surface area contributed by atoms with Crippen molar-refractivity contribution >= 4 is 0 Å². The van der Waals surface area contributed by atoms with Crippen molar-refractivity contribution in [3.63, 3.8) is 0 Å². The lowest BCUT2D eigenvalue weighted by atomic mass is 9.96. The van der Waals surface area contributed by atoms with Crippen LogP contribution in [0.15, 0.2) is 0 Å². The summed E-state index contributed by atoms with van der Waals surface area (Å²) in [5, 5.41) is 0. The van der Waals surface area contributed by atoms with Gasteiger partial charge in [0.25, 0.3) is 0 Å². The maximum atomic E-state index is 2.67. The molecule has 0 aliphatic carbocycles. The number of hydrogen-bond donors (Lipinski definition) is 0. The fourth-order valence-electron chi connectivity index (χ4n) is 2.46. The van der Waals surface area contributed by atoms with Crippen LogP contribution >= 0.6 is 0 Å². The van der Waals surface area contributed by atoms with Crippen LogP contribution in [0.5, 0.6) is 0 Å². The van der Waals surface area contributed by atoms with E-state index in [9.17, 15) is 0 Å². The van der Waals surface area contributed by atoms with Gasteiger partial charge in [0, 0.05) is 12.6 Å². The Kier molecular flexibility index (Phi) is 4.24. The predicted molar refractivity (Wildman–Crippen MR) is 58.9 cm³/mol. The monoisotopic (exact) mass is 183 g/mol. The maximum absolute atomic E-state index is 2.67. The largest absolute Gasteiger partial charge is 0.300 e. The molecule has 1 saturated heterocycles. The summed E-state index contributed by atoms with van der Waals surface area (Å²) < 4.78 is 0. The molecular weight excluding hydrogens is 158 g/mol. The molecule has 1 heteroatoms. The molecule has 1 nitrogen and oxygen atoms in total. The molecule has 0 aromatic carbocycles. The zero-order valence-electron chi connectivity index (χ0n) is 9.71. The Morgan fingerprint density at radius 2 is 2.00 bits per heavy atom. The van der Waals surface area contributed by atoms with Crippen LogP contribution < -0.4 is 0 Å². The van der Waals surface area contributed by atoms with E-state index in [-0.39, 0.29) is 0 Å². The number of piperidine rings is 1. The van der Waals surface area contributed by atoms with Gasteiger partial charge in [-0.2, -0.15) is 0 Å². The van der Waals surface area contributed by atoms with Crippen LogP contribution in [0.25, 0.3) is 0 Å². The zero-order chi connectivity index (χ0) is 9.84. The number of nitrogens with zero attached hydrogens (tertiary/aromatic N) is 1. The smallest absolute Gasteiger partial charge is 0.00694 e. The summed E-state index contributed by atoms with van der Waals surface area (Å²) in [5.41, 5.74) is 0. The standard InChI is InChI=1S/C12H25N/c1-10(2)8-12(4)13-7-5-6-11(3)9-13/h10-12H,5-9H2,1-4H3. The SMILES string of the molecule is CC(C)CC(C)N1CCCC(C)C1. The average molecular weight is 183 g/mol. The number of likely N-dealkylation sites (tertiary alicyclic amines) is 1. The molecule has 1 fully saturated rings. The lowest BCUT2D eigenvalue weighted by molar-refractivity contribution is 0.125. The highest BCUT2D eigenvalue weighted by Crippen LogP contribution is 2.20. The minimum absolute atomic E-state index is 0.794. The second kappa shape index (κ2) is 4.99. The molecule has 0 bridgehead atoms. The maximum Gasteiger partial charge on any atom is 0.00694 e. The quantitative estimate of drug-likeness (QED) is 0.649. The molecule has 1 aliphatic heterocycles. The van der Waals surface area contributed by atoms with Gasteiger partial charge in [-0.25, -0.2) is 0 Å². The molecule has 13 heavy (non-hydrogen) atoms. The summed E-state index contributed by atoms with van der Waals surface area (Å²) in [6.07, 6.45) is 4.20. The first-order chi connectivity index (χ1) is 6.09. The highest BCUT2D eigenvalue weighted by Gasteiger charge is 2.20. The van der Waals surface area contributed by atoms with Gasteiger partial charge in [0.15, 0.2) is 0 Å². The van der Waals surface area contributed by atoms with Crippen molar-refractivity contribution in [1.82, 2.24) is 4.90 Å². The van der Waals surface area contributed by atoms with Gasteiger partial charge in [0.2, 0.25) is 0 Å². The van der Waals surface area contributed by atoms with Gasteiger partial charge in [0.1, 0.15) is 0 Å². The van der Waals surface area contributed by atoms with Crippen LogP contribution in [0.1, 0.15) is 47.0 Å². The van der Waals surface area contributed by atoms with Crippen LogP contribution in [0, 0.1) is 11.8 Å². The second-order valence-electron chi connectivity index (χ2n) is 5.22. The molecule has 1 aliphatic rings. The highest BCUT2D eigenvalue weighted by molar-refractivity contribution is 4.75. The van der Waals surface area contributed by atoms with Crippen LogP contribution in [-0.2, 0) is 0 Å². The highest BCUT2D eigenvalue weighted by atomic mass is 15.2. The van der Waals surface area contributed by atoms with E-state index in [0.717, 1.165) is 17.9 Å². The molecule has 0 amide bonds. The third kappa shape index (κ3) is 3.68. The average Bonchev–Trinajstić information content (AvgIpc) is 2.03. The zero-order valence-corrected chi connectivity index (χ0v) is 9.71. The van der Waals surface area contributed by atoms with Gasteiger partial charge in [-0.15, -0.1) is 0 Å². The van der Waals surface area contributed by atoms with E-state index in [1.165, 1.54) is 32.4 Å². The molecule has 0 N–H and O–H groups in total. The first-order valence-corrected chi connectivity index (χ1v) is 5.83. The van der Waals surface area contributed by atoms with Gasteiger partial charge >= 0.3 is 0 Å². The second-order valence-corrected chi connectivity index (χ2v) is 5.22. The van der Waals surface area contributed by atoms with Gasteiger partial charge in [-0.3, -0.25) is 0 Å². The minimum atomic E-state index is 0.794. The van der Waals surface area contributed by atoms with Crippen LogP contribution in [-0.4, -0.2) is 24.0 Å². The van der Waals surface area contributed by atoms with Crippen LogP contribution in [0.3, 0.4) is 0 Å². The Morgan fingerprint density at radius 1 is 1.31 bits per heavy atom. The molecule has 0 radical (unpaired) electrons. The van der Waals surface area contributed by atoms with E-state index >= 15 is 0 Å². The van der Waals surface area contributed by atoms with E-state index in [4.69, 9.17) is 0 Å². The van der Waals surface area contributed by atoms with Gasteiger partial charge in [-0.1, -0.05) is 20.8 Å². The predicted octanol–water partition coefficient (Wildman–Crippen LogP) is 3.15. The summed E-state index contributed by atoms with van der Waals surface area (Å²) in [5.74, 6) is 1.76. The van der Waals surface area contributed by atoms with Gasteiger partial charge in [0.05, 0.1) is 0 Å². The van der Waals surface area contributed by atoms with E-state index < -0.39 is 0 Å². The van der Waals surface area contributed by atoms with Crippen molar-refractivity contribution in [3.8, 4) is 0 Å². The molecule has 0 spiro atoms. The molecule has 78 valence electrons. The fourth-order valence-corrected chi connectivity index (χ4v) is 2.46. The first-order valence-electron chi connectivity index (χ1n) is 5.83. The third-order valence-corrected chi connectivity index (χ3v) is 3.12. The van der Waals surface area contributed by atoms with Crippen LogP contribution in [0.4, 0.5) is 0 Å². The van der Waals surface area contributed by atoms with E-state index in [0.29, 0.717) is 0 Å². The minimum Gasteiger partial charge on any atom is -0.300 e. The summed E-state index contributed by atoms with van der Waals surface area (Å²) in [7, 11) is 0. The Hall–Kier alpha value is -0.0400. The molecule has 0 aromatic rings. The molecule has 0 saturated carbocycles.